The molecule has 1 aromatic heterocycles. The van der Waals surface area contributed by atoms with Gasteiger partial charge in [-0.15, -0.1) is 35.3 Å². The topological polar surface area (TPSA) is 84.5 Å². The number of fused-ring (bicyclic) bond motifs is 1. The van der Waals surface area contributed by atoms with Crippen molar-refractivity contribution in [1.82, 2.24) is 0 Å². The Morgan fingerprint density at radius 3 is 2.77 bits per heavy atom. The van der Waals surface area contributed by atoms with Crippen molar-refractivity contribution in [3.63, 3.8) is 0 Å². The second kappa shape index (κ2) is 9.18. The van der Waals surface area contributed by atoms with Crippen molar-refractivity contribution in [1.29, 1.82) is 0 Å². The molecule has 8 heteroatoms. The van der Waals surface area contributed by atoms with E-state index in [0.717, 1.165) is 23.4 Å². The maximum atomic E-state index is 11.9. The van der Waals surface area contributed by atoms with Gasteiger partial charge in [0.25, 0.3) is 0 Å². The zero-order valence-corrected chi connectivity index (χ0v) is 18.7. The number of nitrogens with zero attached hydrogens (tertiary/aromatic N) is 1. The van der Waals surface area contributed by atoms with E-state index >= 15 is 0 Å². The molecule has 142 valence electrons. The van der Waals surface area contributed by atoms with Gasteiger partial charge in [0, 0.05) is 10.6 Å². The van der Waals surface area contributed by atoms with Gasteiger partial charge in [-0.1, -0.05) is 19.1 Å². The van der Waals surface area contributed by atoms with Gasteiger partial charge in [0.2, 0.25) is 0 Å². The molecule has 5 nitrogen and oxygen atoms in total. The number of nitrogens with one attached hydrogen (secondary N) is 1. The molecule has 0 fully saturated rings. The molecule has 3 rings (SSSR count). The number of halogens is 1. The van der Waals surface area contributed by atoms with Gasteiger partial charge in [-0.3, -0.25) is 0 Å². The first-order valence-electron chi connectivity index (χ1n) is 8.49. The molecule has 3 N–H and O–H groups in total. The maximum Gasteiger partial charge on any atom is 0.193 e. The number of thiophene rings is 1. The fourth-order valence-corrected chi connectivity index (χ4v) is 5.39. The van der Waals surface area contributed by atoms with Crippen LogP contribution in [-0.4, -0.2) is 20.1 Å². The van der Waals surface area contributed by atoms with Crippen molar-refractivity contribution in [3.8, 4) is 0 Å². The van der Waals surface area contributed by atoms with Crippen molar-refractivity contribution in [3.05, 3.63) is 46.3 Å². The molecule has 0 aliphatic heterocycles. The van der Waals surface area contributed by atoms with E-state index in [1.807, 2.05) is 12.1 Å². The summed E-state index contributed by atoms with van der Waals surface area (Å²) in [5.74, 6) is 0.464. The Labute approximate surface area is 176 Å². The molecule has 0 saturated carbocycles. The van der Waals surface area contributed by atoms with Crippen LogP contribution in [0.25, 0.3) is 0 Å². The van der Waals surface area contributed by atoms with Gasteiger partial charge in [-0.2, -0.15) is 0 Å². The number of hydrogen-bond acceptors (Lipinski definition) is 4. The van der Waals surface area contributed by atoms with E-state index in [-0.39, 0.29) is 29.7 Å². The summed E-state index contributed by atoms with van der Waals surface area (Å²) in [6.07, 6.45) is 4.62. The summed E-state index contributed by atoms with van der Waals surface area (Å²) in [4.78, 5) is 5.24. The average molecular weight is 505 g/mol. The molecule has 0 bridgehead atoms. The van der Waals surface area contributed by atoms with E-state index in [4.69, 9.17) is 5.73 Å². The van der Waals surface area contributed by atoms with Crippen LogP contribution in [0.15, 0.2) is 39.5 Å². The molecule has 26 heavy (non-hydrogen) atoms. The predicted octanol–water partition coefficient (Wildman–Crippen LogP) is 3.97. The van der Waals surface area contributed by atoms with E-state index in [1.54, 1.807) is 19.1 Å². The number of aryl methyl sites for hydroxylation is 1. The summed E-state index contributed by atoms with van der Waals surface area (Å²) in [5.41, 5.74) is 9.78. The summed E-state index contributed by atoms with van der Waals surface area (Å²) in [5, 5.41) is 3.20. The highest BCUT2D eigenvalue weighted by Crippen LogP contribution is 2.28. The van der Waals surface area contributed by atoms with Crippen LogP contribution >= 0.6 is 35.3 Å². The van der Waals surface area contributed by atoms with Gasteiger partial charge < -0.3 is 11.1 Å². The van der Waals surface area contributed by atoms with Crippen LogP contribution < -0.4 is 11.1 Å². The van der Waals surface area contributed by atoms with Crippen LogP contribution in [0.2, 0.25) is 0 Å². The number of rotatable bonds is 5. The number of benzene rings is 1. The van der Waals surface area contributed by atoms with Crippen LogP contribution in [0.4, 0.5) is 5.69 Å². The first kappa shape index (κ1) is 21.2. The summed E-state index contributed by atoms with van der Waals surface area (Å²) >= 11 is 1.26. The molecule has 0 atom stereocenters. The fourth-order valence-electron chi connectivity index (χ4n) is 2.99. The molecular weight excluding hydrogens is 481 g/mol. The molecule has 2 aromatic rings. The van der Waals surface area contributed by atoms with E-state index < -0.39 is 9.84 Å². The second-order valence-electron chi connectivity index (χ2n) is 6.10. The lowest BCUT2D eigenvalue weighted by Crippen LogP contribution is -2.24. The second-order valence-corrected chi connectivity index (χ2v) is 9.77. The SMILES string of the molecule is CCS(=O)(=O)c1ccc(CN=C(N)Nc2cccc3c2CCCC3)s1.I. The smallest absolute Gasteiger partial charge is 0.193 e. The quantitative estimate of drug-likeness (QED) is 0.366. The van der Waals surface area contributed by atoms with Crippen molar-refractivity contribution in [2.24, 2.45) is 10.7 Å². The predicted molar refractivity (Wildman–Crippen MR) is 119 cm³/mol. The van der Waals surface area contributed by atoms with Crippen molar-refractivity contribution < 1.29 is 8.42 Å². The highest BCUT2D eigenvalue weighted by atomic mass is 127. The van der Waals surface area contributed by atoms with E-state index in [0.29, 0.717) is 16.7 Å². The molecule has 1 aliphatic carbocycles. The Balaban J connectivity index is 0.00000243. The standard InChI is InChI=1S/C18H23N3O2S2.HI/c1-2-25(22,23)17-11-10-14(24-17)12-20-18(19)21-16-9-5-7-13-6-3-4-8-15(13)16;/h5,7,9-11H,2-4,6,8,12H2,1H3,(H3,19,20,21);1H. The van der Waals surface area contributed by atoms with Crippen molar-refractivity contribution >= 4 is 56.8 Å². The largest absolute Gasteiger partial charge is 0.370 e. The number of hydrogen-bond donors (Lipinski definition) is 2. The minimum absolute atomic E-state index is 0. The van der Waals surface area contributed by atoms with Crippen molar-refractivity contribution in [2.75, 3.05) is 11.1 Å². The van der Waals surface area contributed by atoms with Gasteiger partial charge in [0.1, 0.15) is 4.21 Å². The Morgan fingerprint density at radius 2 is 2.00 bits per heavy atom. The normalized spacial score (nSPS) is 14.4. The fraction of sp³-hybridized carbons (Fsp3) is 0.389. The summed E-state index contributed by atoms with van der Waals surface area (Å²) in [6.45, 7) is 2.02. The minimum Gasteiger partial charge on any atom is -0.370 e. The van der Waals surface area contributed by atoms with Gasteiger partial charge >= 0.3 is 0 Å². The van der Waals surface area contributed by atoms with E-state index in [2.05, 4.69) is 16.4 Å². The van der Waals surface area contributed by atoms with Gasteiger partial charge in [0.15, 0.2) is 15.8 Å². The first-order valence-corrected chi connectivity index (χ1v) is 11.0. The highest BCUT2D eigenvalue weighted by Gasteiger charge is 2.15. The van der Waals surface area contributed by atoms with Crippen LogP contribution in [-0.2, 0) is 29.2 Å². The third-order valence-corrected chi connectivity index (χ3v) is 7.77. The highest BCUT2D eigenvalue weighted by molar-refractivity contribution is 14.0. The lowest BCUT2D eigenvalue weighted by atomic mass is 9.90. The van der Waals surface area contributed by atoms with Gasteiger partial charge in [-0.25, -0.2) is 13.4 Å². The Morgan fingerprint density at radius 1 is 1.23 bits per heavy atom. The molecule has 0 radical (unpaired) electrons. The lowest BCUT2D eigenvalue weighted by molar-refractivity contribution is 0.599. The number of aliphatic imine (C=N–C) groups is 1. The third-order valence-electron chi connectivity index (χ3n) is 4.39. The Bertz CT molecular complexity index is 892. The van der Waals surface area contributed by atoms with Gasteiger partial charge in [-0.05, 0) is 55.0 Å². The molecule has 1 heterocycles. The average Bonchev–Trinajstić information content (AvgIpc) is 3.10. The Kier molecular flexibility index (Phi) is 7.48. The van der Waals surface area contributed by atoms with Crippen LogP contribution in [0, 0.1) is 0 Å². The lowest BCUT2D eigenvalue weighted by Gasteiger charge is -2.19. The monoisotopic (exact) mass is 505 g/mol. The first-order chi connectivity index (χ1) is 12.0. The van der Waals surface area contributed by atoms with Crippen LogP contribution in [0.3, 0.4) is 0 Å². The minimum atomic E-state index is -3.15. The molecule has 0 saturated heterocycles. The summed E-state index contributed by atoms with van der Waals surface area (Å²) in [6, 6.07) is 9.69. The van der Waals surface area contributed by atoms with Crippen LogP contribution in [0.1, 0.15) is 35.8 Å². The number of guanidine groups is 1. The molecule has 0 amide bonds. The van der Waals surface area contributed by atoms with Crippen LogP contribution in [0.5, 0.6) is 0 Å². The van der Waals surface area contributed by atoms with Gasteiger partial charge in [0.05, 0.1) is 12.3 Å². The van der Waals surface area contributed by atoms with Crippen molar-refractivity contribution in [2.45, 2.75) is 43.4 Å². The molecule has 0 spiro atoms. The molecular formula is C18H24IN3O2S2. The van der Waals surface area contributed by atoms with E-state index in [9.17, 15) is 8.42 Å². The van der Waals surface area contributed by atoms with E-state index in [1.165, 1.54) is 35.3 Å². The maximum absolute atomic E-state index is 11.9. The molecule has 1 aromatic carbocycles. The summed E-state index contributed by atoms with van der Waals surface area (Å²) < 4.78 is 24.1. The Hall–Kier alpha value is -1.13. The zero-order valence-electron chi connectivity index (χ0n) is 14.7. The number of anilines is 1. The molecule has 1 aliphatic rings. The third kappa shape index (κ3) is 4.98. The number of sulfone groups is 1. The summed E-state index contributed by atoms with van der Waals surface area (Å²) in [7, 11) is -3.15. The molecule has 0 unspecified atom stereocenters. The number of nitrogens with two attached hydrogens (primary N) is 1. The zero-order chi connectivity index (χ0) is 17.9.